The van der Waals surface area contributed by atoms with Gasteiger partial charge in [0.2, 0.25) is 5.91 Å². The van der Waals surface area contributed by atoms with Gasteiger partial charge in [0.05, 0.1) is 11.4 Å². The largest absolute Gasteiger partial charge is 0.368 e. The van der Waals surface area contributed by atoms with Crippen LogP contribution in [0.5, 0.6) is 0 Å². The van der Waals surface area contributed by atoms with Gasteiger partial charge in [-0.3, -0.25) is 4.79 Å². The number of carbonyl (C=O) groups excluding carboxylic acids is 1. The van der Waals surface area contributed by atoms with Gasteiger partial charge < -0.3 is 15.1 Å². The zero-order chi connectivity index (χ0) is 17.2. The van der Waals surface area contributed by atoms with Crippen LogP contribution in [0.1, 0.15) is 39.0 Å². The SMILES string of the molecule is CC(CC(=O)N1CCN(CC2CC2)c2ccccc21)C1CCCNC1. The molecular formula is C21H31N3O. The van der Waals surface area contributed by atoms with Crippen molar-refractivity contribution in [3.8, 4) is 0 Å². The van der Waals surface area contributed by atoms with Crippen LogP contribution in [0.25, 0.3) is 0 Å². The summed E-state index contributed by atoms with van der Waals surface area (Å²) in [4.78, 5) is 17.6. The average molecular weight is 341 g/mol. The van der Waals surface area contributed by atoms with E-state index in [0.717, 1.165) is 44.3 Å². The molecule has 2 fully saturated rings. The first-order valence-electron chi connectivity index (χ1n) is 10.1. The summed E-state index contributed by atoms with van der Waals surface area (Å²) in [6.07, 6.45) is 5.91. The van der Waals surface area contributed by atoms with Crippen LogP contribution in [0.15, 0.2) is 24.3 Å². The van der Waals surface area contributed by atoms with E-state index in [-0.39, 0.29) is 0 Å². The number of para-hydroxylation sites is 2. The number of hydrogen-bond acceptors (Lipinski definition) is 3. The number of piperidine rings is 1. The number of carbonyl (C=O) groups is 1. The number of amides is 1. The zero-order valence-corrected chi connectivity index (χ0v) is 15.4. The number of fused-ring (bicyclic) bond motifs is 1. The van der Waals surface area contributed by atoms with Crippen LogP contribution in [0.2, 0.25) is 0 Å². The van der Waals surface area contributed by atoms with E-state index >= 15 is 0 Å². The number of hydrogen-bond donors (Lipinski definition) is 1. The Morgan fingerprint density at radius 3 is 2.72 bits per heavy atom. The predicted molar refractivity (Wildman–Crippen MR) is 103 cm³/mol. The minimum Gasteiger partial charge on any atom is -0.368 e. The van der Waals surface area contributed by atoms with Crippen molar-refractivity contribution in [1.82, 2.24) is 5.32 Å². The first kappa shape index (κ1) is 16.9. The maximum Gasteiger partial charge on any atom is 0.227 e. The van der Waals surface area contributed by atoms with E-state index in [1.807, 2.05) is 4.90 Å². The van der Waals surface area contributed by atoms with E-state index in [9.17, 15) is 4.79 Å². The topological polar surface area (TPSA) is 35.6 Å². The van der Waals surface area contributed by atoms with E-state index in [4.69, 9.17) is 0 Å². The predicted octanol–water partition coefficient (Wildman–Crippen LogP) is 3.28. The molecule has 1 saturated carbocycles. The Morgan fingerprint density at radius 1 is 1.20 bits per heavy atom. The number of benzene rings is 1. The summed E-state index contributed by atoms with van der Waals surface area (Å²) in [6, 6.07) is 8.47. The Bertz CT molecular complexity index is 607. The fraction of sp³-hybridized carbons (Fsp3) is 0.667. The fourth-order valence-electron chi connectivity index (χ4n) is 4.40. The summed E-state index contributed by atoms with van der Waals surface area (Å²) in [7, 11) is 0. The summed E-state index contributed by atoms with van der Waals surface area (Å²) in [5, 5.41) is 3.48. The maximum atomic E-state index is 13.0. The van der Waals surface area contributed by atoms with Gasteiger partial charge in [-0.05, 0) is 68.7 Å². The minimum atomic E-state index is 0.302. The third kappa shape index (κ3) is 3.84. The molecule has 1 aliphatic carbocycles. The van der Waals surface area contributed by atoms with Gasteiger partial charge >= 0.3 is 0 Å². The number of nitrogens with zero attached hydrogens (tertiary/aromatic N) is 2. The molecule has 136 valence electrons. The fourth-order valence-corrected chi connectivity index (χ4v) is 4.40. The maximum absolute atomic E-state index is 13.0. The lowest BCUT2D eigenvalue weighted by Gasteiger charge is -2.38. The lowest BCUT2D eigenvalue weighted by atomic mass is 9.85. The van der Waals surface area contributed by atoms with Crippen molar-refractivity contribution in [2.45, 2.75) is 39.0 Å². The smallest absolute Gasteiger partial charge is 0.227 e. The van der Waals surface area contributed by atoms with Crippen molar-refractivity contribution in [3.63, 3.8) is 0 Å². The Hall–Kier alpha value is -1.55. The summed E-state index contributed by atoms with van der Waals surface area (Å²) in [6.45, 7) is 7.42. The molecule has 2 atom stereocenters. The molecule has 0 radical (unpaired) electrons. The Balaban J connectivity index is 1.44. The molecule has 1 saturated heterocycles. The first-order valence-corrected chi connectivity index (χ1v) is 10.1. The van der Waals surface area contributed by atoms with Crippen molar-refractivity contribution < 1.29 is 4.79 Å². The highest BCUT2D eigenvalue weighted by Crippen LogP contribution is 2.38. The van der Waals surface area contributed by atoms with Gasteiger partial charge in [0, 0.05) is 26.1 Å². The van der Waals surface area contributed by atoms with E-state index in [2.05, 4.69) is 41.4 Å². The second-order valence-electron chi connectivity index (χ2n) is 8.21. The summed E-state index contributed by atoms with van der Waals surface area (Å²) < 4.78 is 0. The molecule has 1 amide bonds. The molecule has 2 aliphatic heterocycles. The van der Waals surface area contributed by atoms with Crippen LogP contribution >= 0.6 is 0 Å². The molecule has 1 aromatic carbocycles. The molecule has 4 rings (SSSR count). The molecule has 1 N–H and O–H groups in total. The highest BCUT2D eigenvalue weighted by molar-refractivity contribution is 5.98. The van der Waals surface area contributed by atoms with Crippen molar-refractivity contribution >= 4 is 17.3 Å². The van der Waals surface area contributed by atoms with Crippen molar-refractivity contribution in [2.75, 3.05) is 42.5 Å². The monoisotopic (exact) mass is 341 g/mol. The van der Waals surface area contributed by atoms with Gasteiger partial charge in [-0.15, -0.1) is 0 Å². The van der Waals surface area contributed by atoms with Crippen LogP contribution in [0, 0.1) is 17.8 Å². The summed E-state index contributed by atoms with van der Waals surface area (Å²) in [5.41, 5.74) is 2.37. The van der Waals surface area contributed by atoms with Gasteiger partial charge in [-0.25, -0.2) is 0 Å². The molecule has 2 unspecified atom stereocenters. The van der Waals surface area contributed by atoms with Crippen molar-refractivity contribution in [3.05, 3.63) is 24.3 Å². The normalized spacial score (nSPS) is 24.8. The zero-order valence-electron chi connectivity index (χ0n) is 15.4. The number of nitrogens with one attached hydrogen (secondary N) is 1. The van der Waals surface area contributed by atoms with Gasteiger partial charge in [0.15, 0.2) is 0 Å². The third-order valence-electron chi connectivity index (χ3n) is 6.22. The summed E-state index contributed by atoms with van der Waals surface area (Å²) in [5.74, 6) is 2.27. The first-order chi connectivity index (χ1) is 12.2. The lowest BCUT2D eigenvalue weighted by molar-refractivity contribution is -0.119. The molecule has 1 aromatic rings. The van der Waals surface area contributed by atoms with E-state index in [1.54, 1.807) is 0 Å². The van der Waals surface area contributed by atoms with Crippen LogP contribution in [0.3, 0.4) is 0 Å². The molecule has 0 aromatic heterocycles. The molecular weight excluding hydrogens is 310 g/mol. The van der Waals surface area contributed by atoms with E-state index in [0.29, 0.717) is 24.2 Å². The Morgan fingerprint density at radius 2 is 2.00 bits per heavy atom. The standard InChI is InChI=1S/C21H31N3O/c1-16(18-5-4-10-22-14-18)13-21(25)24-12-11-23(15-17-8-9-17)19-6-2-3-7-20(19)24/h2-3,6-7,16-18,22H,4-5,8-15H2,1H3. The van der Waals surface area contributed by atoms with Gasteiger partial charge in [-0.2, -0.15) is 0 Å². The quantitative estimate of drug-likeness (QED) is 0.893. The molecule has 4 nitrogen and oxygen atoms in total. The highest BCUT2D eigenvalue weighted by Gasteiger charge is 2.32. The van der Waals surface area contributed by atoms with Crippen molar-refractivity contribution in [2.24, 2.45) is 17.8 Å². The molecule has 0 spiro atoms. The van der Waals surface area contributed by atoms with Crippen molar-refractivity contribution in [1.29, 1.82) is 0 Å². The number of anilines is 2. The van der Waals surface area contributed by atoms with Crippen LogP contribution in [-0.4, -0.2) is 38.6 Å². The third-order valence-corrected chi connectivity index (χ3v) is 6.22. The number of rotatable bonds is 5. The molecule has 4 heteroatoms. The van der Waals surface area contributed by atoms with Crippen LogP contribution in [0.4, 0.5) is 11.4 Å². The molecule has 2 heterocycles. The van der Waals surface area contributed by atoms with Crippen LogP contribution < -0.4 is 15.1 Å². The van der Waals surface area contributed by atoms with Crippen LogP contribution in [-0.2, 0) is 4.79 Å². The average Bonchev–Trinajstić information content (AvgIpc) is 3.46. The molecule has 0 bridgehead atoms. The second-order valence-corrected chi connectivity index (χ2v) is 8.21. The Kier molecular flexibility index (Phi) is 4.98. The molecule has 3 aliphatic rings. The van der Waals surface area contributed by atoms with Gasteiger partial charge in [0.1, 0.15) is 0 Å². The second kappa shape index (κ2) is 7.36. The molecule has 25 heavy (non-hydrogen) atoms. The Labute approximate surface area is 151 Å². The van der Waals surface area contributed by atoms with E-state index < -0.39 is 0 Å². The summed E-state index contributed by atoms with van der Waals surface area (Å²) >= 11 is 0. The van der Waals surface area contributed by atoms with Gasteiger partial charge in [0.25, 0.3) is 0 Å². The van der Waals surface area contributed by atoms with Gasteiger partial charge in [-0.1, -0.05) is 19.1 Å². The van der Waals surface area contributed by atoms with E-state index in [1.165, 1.54) is 31.4 Å². The highest BCUT2D eigenvalue weighted by atomic mass is 16.2. The lowest BCUT2D eigenvalue weighted by Crippen LogP contribution is -2.45. The minimum absolute atomic E-state index is 0.302.